The lowest BCUT2D eigenvalue weighted by molar-refractivity contribution is -0.143. The second-order valence-electron chi connectivity index (χ2n) is 39.0. The van der Waals surface area contributed by atoms with Crippen LogP contribution in [0.3, 0.4) is 0 Å². The van der Waals surface area contributed by atoms with Gasteiger partial charge in [-0.15, -0.1) is 0 Å². The first-order valence-electron chi connectivity index (χ1n) is 47.1. The number of rotatable bonds is 41. The van der Waals surface area contributed by atoms with Crippen LogP contribution >= 0.6 is 0 Å². The fourth-order valence-corrected chi connectivity index (χ4v) is 20.0. The number of para-hydroxylation sites is 2. The van der Waals surface area contributed by atoms with Gasteiger partial charge in [-0.1, -0.05) is 153 Å². The number of hydrogen-bond donors (Lipinski definition) is 15. The number of imidazole rings is 1. The van der Waals surface area contributed by atoms with Crippen molar-refractivity contribution in [2.45, 2.75) is 249 Å². The summed E-state index contributed by atoms with van der Waals surface area (Å²) in [6, 6.07) is 37.6. The molecule has 2 saturated heterocycles. The quantitative estimate of drug-likeness (QED) is 0.00736. The maximum Gasteiger partial charge on any atom is 0.322 e. The van der Waals surface area contributed by atoms with Crippen LogP contribution in [0.5, 0.6) is 11.5 Å². The minimum absolute atomic E-state index is 0.000273. The number of H-pyrrole nitrogens is 2. The lowest BCUT2D eigenvalue weighted by atomic mass is 9.76. The standard InChI is InChI=1S/C104H127N17O17S/c1-61(2)49-80(92(126)112-79(99(133)120-48-28-40-86(120)98(132)110-58-88(123)124)39-27-47-107-100(105)119-139(134,135)90-63(4)62(3)89-75(64(90)5)54-103(12,13)138-89)113-94(128)82(51-66-55-108-76-37-25-23-35-73(66)76)115-93(127)81(50-65-41-43-72(44-42-65)137-102(9,10)11)114-97(131)85(59-136-101(6,7)8)118-95(129)83(52-67-56-109-77-38-26-24-36-74(67)77)116-96(130)84(117-91(125)78-45-46-87(122)111-78)53-71-57-106-60-121(71)104(68-29-17-14-18-30-68,69-31-19-15-20-32-69)70-33-21-16-22-34-70/h14-26,29-38,41-44,55-57,60-61,78-86,108-109H,27-28,39-40,45-54,58-59H2,1-13H3,(H,110,132)(H,111,122)(H,112,126)(H,113,128)(H,114,131)(H,115,127)(H,116,130)(H,117,125)(H,118,129)(H,123,124)(H3,105,107,119)/t78-,79-,80-,81-,82+,83-,84-,85-,86-/m0/s1. The lowest BCUT2D eigenvalue weighted by Crippen LogP contribution is -2.62. The van der Waals surface area contributed by atoms with E-state index in [1.54, 1.807) is 111 Å². The molecule has 15 N–H and O–H groups in total. The molecule has 3 aliphatic rings. The first kappa shape index (κ1) is 102. The van der Waals surface area contributed by atoms with E-state index >= 15 is 33.6 Å². The summed E-state index contributed by atoms with van der Waals surface area (Å²) in [4.78, 5) is 176. The summed E-state index contributed by atoms with van der Waals surface area (Å²) < 4.78 is 51.6. The molecule has 34 nitrogen and oxygen atoms in total. The Hall–Kier alpha value is -14.2. The van der Waals surface area contributed by atoms with Crippen molar-refractivity contribution in [2.24, 2.45) is 5.92 Å². The zero-order valence-corrected chi connectivity index (χ0v) is 81.5. The molecular weight excluding hydrogens is 1790 g/mol. The van der Waals surface area contributed by atoms with Gasteiger partial charge in [0, 0.05) is 103 Å². The van der Waals surface area contributed by atoms with Gasteiger partial charge in [0.2, 0.25) is 65.0 Å². The van der Waals surface area contributed by atoms with Crippen LogP contribution in [-0.2, 0) is 105 Å². The summed E-state index contributed by atoms with van der Waals surface area (Å²) in [6.07, 6.45) is 6.57. The van der Waals surface area contributed by atoms with E-state index in [1.165, 1.54) is 4.90 Å². The van der Waals surface area contributed by atoms with Crippen LogP contribution in [0.1, 0.15) is 176 Å². The SMILES string of the molecule is Cc1c(C)c(S(=O)(=O)NC(=N)NCCC[C@H](NC(=O)[C@H](CC(C)C)NC(=O)[C@@H](Cc2c[nH]c3ccccc23)NC(=O)[C@H](Cc2ccc(OC(C)(C)C)cc2)NC(=O)[C@H](COC(C)(C)C)NC(=O)[C@H](Cc2c[nH]c3ccccc23)NC(=O)[C@H](Cc2cncn2C(c2ccccc2)(c2ccccc2)c2ccccc2)NC(=O)[C@@H]2CCC(=O)N2)C(=O)N2CCC[C@H]2C(=O)NCC(=O)O)c(C)c2c1OC(C)(C)C2. The Labute approximate surface area is 808 Å². The average Bonchev–Trinajstić information content (AvgIpc) is 1.30. The third kappa shape index (κ3) is 25.4. The predicted molar refractivity (Wildman–Crippen MR) is 525 cm³/mol. The highest BCUT2D eigenvalue weighted by atomic mass is 32.2. The van der Waals surface area contributed by atoms with Crippen molar-refractivity contribution < 1.29 is 80.5 Å². The van der Waals surface area contributed by atoms with E-state index in [9.17, 15) is 32.7 Å². The molecule has 736 valence electrons. The number of benzene rings is 7. The molecular formula is C104H127N17O17S. The number of carbonyl (C=O) groups excluding carboxylic acids is 10. The number of nitrogens with zero attached hydrogens (tertiary/aromatic N) is 3. The molecule has 0 spiro atoms. The van der Waals surface area contributed by atoms with Crippen molar-refractivity contribution in [2.75, 3.05) is 26.2 Å². The van der Waals surface area contributed by atoms with Gasteiger partial charge in [0.1, 0.15) is 89.2 Å². The van der Waals surface area contributed by atoms with Gasteiger partial charge in [0.15, 0.2) is 0 Å². The van der Waals surface area contributed by atoms with Crippen LogP contribution in [0, 0.1) is 32.1 Å². The highest BCUT2D eigenvalue weighted by Crippen LogP contribution is 2.45. The Morgan fingerprint density at radius 2 is 1.09 bits per heavy atom. The van der Waals surface area contributed by atoms with Crippen molar-refractivity contribution in [3.8, 4) is 11.5 Å². The molecule has 0 radical (unpaired) electrons. The molecule has 10 aromatic rings. The molecule has 139 heavy (non-hydrogen) atoms. The molecule has 0 unspecified atom stereocenters. The van der Waals surface area contributed by atoms with E-state index in [0.29, 0.717) is 85.2 Å². The van der Waals surface area contributed by atoms with Crippen molar-refractivity contribution in [3.63, 3.8) is 0 Å². The minimum Gasteiger partial charge on any atom is -0.488 e. The number of guanidine groups is 1. The number of carbonyl (C=O) groups is 11. The maximum atomic E-state index is 16.1. The van der Waals surface area contributed by atoms with Crippen LogP contribution in [0.25, 0.3) is 21.8 Å². The molecule has 10 amide bonds. The Bertz CT molecular complexity index is 6190. The van der Waals surface area contributed by atoms with E-state index in [-0.39, 0.29) is 94.0 Å². The molecule has 3 aliphatic heterocycles. The molecule has 7 aromatic carbocycles. The number of hydrogen-bond acceptors (Lipinski definition) is 18. The molecule has 6 heterocycles. The second-order valence-corrected chi connectivity index (χ2v) is 40.6. The third-order valence-electron chi connectivity index (χ3n) is 25.2. The topological polar surface area (TPSA) is 479 Å². The summed E-state index contributed by atoms with van der Waals surface area (Å²) in [5.41, 5.74) is 4.90. The lowest BCUT2D eigenvalue weighted by Gasteiger charge is -2.39. The van der Waals surface area contributed by atoms with Crippen LogP contribution in [0.4, 0.5) is 0 Å². The Morgan fingerprint density at radius 1 is 0.590 bits per heavy atom. The van der Waals surface area contributed by atoms with Gasteiger partial charge in [-0.05, 0) is 195 Å². The van der Waals surface area contributed by atoms with Gasteiger partial charge in [0.25, 0.3) is 10.0 Å². The number of sulfonamides is 1. The first-order chi connectivity index (χ1) is 66.0. The number of aromatic nitrogens is 4. The van der Waals surface area contributed by atoms with E-state index in [0.717, 1.165) is 22.3 Å². The van der Waals surface area contributed by atoms with E-state index < -0.39 is 165 Å². The highest BCUT2D eigenvalue weighted by Gasteiger charge is 2.45. The fraction of sp³-hybridized carbons (Fsp3) is 0.413. The molecule has 13 rings (SSSR count). The van der Waals surface area contributed by atoms with Gasteiger partial charge in [-0.2, -0.15) is 0 Å². The average molecular weight is 1920 g/mol. The Kier molecular flexibility index (Phi) is 32.4. The molecule has 3 aromatic heterocycles. The summed E-state index contributed by atoms with van der Waals surface area (Å²) in [5.74, 6) is -9.04. The summed E-state index contributed by atoms with van der Waals surface area (Å²) in [7, 11) is -4.38. The van der Waals surface area contributed by atoms with Gasteiger partial charge in [0.05, 0.1) is 23.4 Å². The molecule has 35 heteroatoms. The number of aliphatic carboxylic acids is 1. The van der Waals surface area contributed by atoms with Crippen LogP contribution in [0.15, 0.2) is 194 Å². The monoisotopic (exact) mass is 1920 g/mol. The van der Waals surface area contributed by atoms with Gasteiger partial charge < -0.3 is 91.9 Å². The molecule has 0 saturated carbocycles. The highest BCUT2D eigenvalue weighted by molar-refractivity contribution is 7.90. The number of ether oxygens (including phenoxy) is 3. The van der Waals surface area contributed by atoms with E-state index in [4.69, 9.17) is 24.6 Å². The first-order valence-corrected chi connectivity index (χ1v) is 48.6. The number of amides is 10. The van der Waals surface area contributed by atoms with Crippen molar-refractivity contribution in [1.29, 1.82) is 5.41 Å². The third-order valence-corrected chi connectivity index (χ3v) is 26.8. The summed E-state index contributed by atoms with van der Waals surface area (Å²) >= 11 is 0. The van der Waals surface area contributed by atoms with Crippen LogP contribution in [0.2, 0.25) is 0 Å². The predicted octanol–water partition coefficient (Wildman–Crippen LogP) is 8.78. The number of fused-ring (bicyclic) bond motifs is 3. The smallest absolute Gasteiger partial charge is 0.322 e. The minimum atomic E-state index is -4.38. The normalized spacial score (nSPS) is 16.2. The zero-order chi connectivity index (χ0) is 100. The van der Waals surface area contributed by atoms with E-state index in [1.807, 2.05) is 173 Å². The van der Waals surface area contributed by atoms with Crippen molar-refractivity contribution >= 4 is 103 Å². The van der Waals surface area contributed by atoms with Crippen LogP contribution < -0.4 is 67.4 Å². The molecule has 9 atom stereocenters. The Morgan fingerprint density at radius 3 is 1.62 bits per heavy atom. The number of carboxylic acid groups (broad SMARTS) is 1. The van der Waals surface area contributed by atoms with Gasteiger partial charge >= 0.3 is 5.97 Å². The van der Waals surface area contributed by atoms with Crippen LogP contribution in [-0.4, -0.2) is 206 Å². The van der Waals surface area contributed by atoms with E-state index in [2.05, 4.69) is 67.9 Å². The molecule has 0 aliphatic carbocycles. The number of likely N-dealkylation sites (tertiary alicyclic amines) is 1. The number of aromatic amines is 2. The molecule has 2 fully saturated rings. The zero-order valence-electron chi connectivity index (χ0n) is 80.7. The number of carboxylic acids is 1. The largest absolute Gasteiger partial charge is 0.488 e. The number of nitrogens with one attached hydrogen (secondary N) is 14. The molecule has 0 bridgehead atoms. The summed E-state index contributed by atoms with van der Waals surface area (Å²) in [6.45, 7) is 22.0. The fourth-order valence-electron chi connectivity index (χ4n) is 18.5. The maximum absolute atomic E-state index is 16.1. The van der Waals surface area contributed by atoms with Crippen molar-refractivity contribution in [1.82, 2.24) is 82.3 Å². The second kappa shape index (κ2) is 44.1. The Balaban J connectivity index is 0.806. The summed E-state index contributed by atoms with van der Waals surface area (Å²) in [5, 5.41) is 48.0. The van der Waals surface area contributed by atoms with Gasteiger partial charge in [-0.3, -0.25) is 58.1 Å². The van der Waals surface area contributed by atoms with Gasteiger partial charge in [-0.25, -0.2) is 18.1 Å². The van der Waals surface area contributed by atoms with Crippen molar-refractivity contribution in [3.05, 3.63) is 250 Å².